The molecule has 0 aliphatic heterocycles. The molecule has 0 amide bonds. The summed E-state index contributed by atoms with van der Waals surface area (Å²) in [5, 5.41) is 8.00. The second-order valence-corrected chi connectivity index (χ2v) is 12.3. The van der Waals surface area contributed by atoms with Gasteiger partial charge in [-0.05, 0) is 77.5 Å². The normalized spacial score (nSPS) is 12.1. The minimum absolute atomic E-state index is 0.851. The molecular formula is C39H22N2O2S. The van der Waals surface area contributed by atoms with Crippen molar-refractivity contribution in [3.05, 3.63) is 133 Å². The number of furan rings is 2. The van der Waals surface area contributed by atoms with Crippen LogP contribution in [0.1, 0.15) is 0 Å². The number of aromatic nitrogens is 1. The van der Waals surface area contributed by atoms with E-state index in [0.717, 1.165) is 66.6 Å². The maximum atomic E-state index is 6.19. The summed E-state index contributed by atoms with van der Waals surface area (Å²) in [6.45, 7) is 0. The third kappa shape index (κ3) is 3.41. The zero-order valence-corrected chi connectivity index (χ0v) is 24.1. The van der Waals surface area contributed by atoms with Gasteiger partial charge in [0.2, 0.25) is 0 Å². The lowest BCUT2D eigenvalue weighted by atomic mass is 10.1. The van der Waals surface area contributed by atoms with Crippen LogP contribution in [0.3, 0.4) is 0 Å². The number of hydrogen-bond donors (Lipinski definition) is 0. The van der Waals surface area contributed by atoms with Gasteiger partial charge in [-0.3, -0.25) is 4.90 Å². The van der Waals surface area contributed by atoms with Crippen molar-refractivity contribution >= 4 is 103 Å². The number of para-hydroxylation sites is 2. The van der Waals surface area contributed by atoms with Crippen LogP contribution in [0.4, 0.5) is 17.2 Å². The molecule has 0 N–H and O–H groups in total. The molecule has 0 radical (unpaired) electrons. The van der Waals surface area contributed by atoms with Crippen LogP contribution in [0.2, 0.25) is 0 Å². The van der Waals surface area contributed by atoms with Gasteiger partial charge in [0, 0.05) is 43.0 Å². The molecule has 10 rings (SSSR count). The summed E-state index contributed by atoms with van der Waals surface area (Å²) >= 11 is 1.79. The highest BCUT2D eigenvalue weighted by Crippen LogP contribution is 2.43. The fraction of sp³-hybridized carbons (Fsp3) is 0. The molecule has 0 aliphatic rings. The van der Waals surface area contributed by atoms with E-state index >= 15 is 0 Å². The lowest BCUT2D eigenvalue weighted by Gasteiger charge is -2.24. The van der Waals surface area contributed by atoms with Crippen LogP contribution < -0.4 is 4.90 Å². The van der Waals surface area contributed by atoms with Crippen LogP contribution in [-0.4, -0.2) is 4.98 Å². The molecule has 4 heterocycles. The van der Waals surface area contributed by atoms with Crippen LogP contribution in [0.15, 0.2) is 142 Å². The van der Waals surface area contributed by atoms with Crippen molar-refractivity contribution in [2.45, 2.75) is 0 Å². The molecule has 4 aromatic heterocycles. The lowest BCUT2D eigenvalue weighted by molar-refractivity contribution is 0.668. The number of nitrogens with zero attached hydrogens (tertiary/aromatic N) is 2. The number of rotatable bonds is 3. The highest BCUT2D eigenvalue weighted by molar-refractivity contribution is 7.26. The molecule has 206 valence electrons. The quantitative estimate of drug-likeness (QED) is 0.208. The number of anilines is 3. The topological polar surface area (TPSA) is 42.4 Å². The maximum Gasteiger partial charge on any atom is 0.138 e. The molecule has 0 spiro atoms. The summed E-state index contributed by atoms with van der Waals surface area (Å²) in [7, 11) is 0. The largest absolute Gasteiger partial charge is 0.456 e. The molecule has 5 heteroatoms. The van der Waals surface area contributed by atoms with Gasteiger partial charge in [0.15, 0.2) is 0 Å². The van der Waals surface area contributed by atoms with E-state index in [1.807, 2.05) is 24.3 Å². The Hall–Kier alpha value is -5.65. The second-order valence-electron chi connectivity index (χ2n) is 11.2. The van der Waals surface area contributed by atoms with Crippen molar-refractivity contribution in [2.24, 2.45) is 0 Å². The van der Waals surface area contributed by atoms with Crippen LogP contribution in [0.5, 0.6) is 0 Å². The van der Waals surface area contributed by atoms with Gasteiger partial charge in [-0.15, -0.1) is 11.3 Å². The number of benzene rings is 6. The Balaban J connectivity index is 1.26. The van der Waals surface area contributed by atoms with Crippen molar-refractivity contribution in [3.8, 4) is 0 Å². The SMILES string of the molecule is c1ccc2c(c1)ccc1sc3ccc(N(c4ccc5oc6ccccc6c5c4)c4ccc5oc6ccccc6c5c4)nc3c12. The molecule has 0 aliphatic carbocycles. The molecule has 4 nitrogen and oxygen atoms in total. The molecule has 44 heavy (non-hydrogen) atoms. The van der Waals surface area contributed by atoms with Crippen LogP contribution in [0.25, 0.3) is 75.0 Å². The van der Waals surface area contributed by atoms with Gasteiger partial charge in [-0.1, -0.05) is 66.7 Å². The van der Waals surface area contributed by atoms with Crippen molar-refractivity contribution in [1.29, 1.82) is 0 Å². The van der Waals surface area contributed by atoms with Crippen LogP contribution in [-0.2, 0) is 0 Å². The molecule has 0 atom stereocenters. The van der Waals surface area contributed by atoms with E-state index in [4.69, 9.17) is 13.8 Å². The third-order valence-corrected chi connectivity index (χ3v) is 9.77. The molecule has 0 saturated heterocycles. The van der Waals surface area contributed by atoms with Crippen LogP contribution >= 0.6 is 11.3 Å². The summed E-state index contributed by atoms with van der Waals surface area (Å²) in [6.07, 6.45) is 0. The lowest BCUT2D eigenvalue weighted by Crippen LogP contribution is -2.11. The first-order valence-corrected chi connectivity index (χ1v) is 15.4. The summed E-state index contributed by atoms with van der Waals surface area (Å²) in [4.78, 5) is 7.66. The van der Waals surface area contributed by atoms with Gasteiger partial charge in [0.05, 0.1) is 10.2 Å². The van der Waals surface area contributed by atoms with Crippen molar-refractivity contribution in [3.63, 3.8) is 0 Å². The number of fused-ring (bicyclic) bond motifs is 11. The van der Waals surface area contributed by atoms with E-state index in [9.17, 15) is 0 Å². The average Bonchev–Trinajstić information content (AvgIpc) is 3.76. The van der Waals surface area contributed by atoms with E-state index in [-0.39, 0.29) is 0 Å². The molecule has 0 fully saturated rings. The minimum atomic E-state index is 0.851. The summed E-state index contributed by atoms with van der Waals surface area (Å²) in [5.41, 5.74) is 6.53. The monoisotopic (exact) mass is 582 g/mol. The summed E-state index contributed by atoms with van der Waals surface area (Å²) in [5.74, 6) is 0.851. The summed E-state index contributed by atoms with van der Waals surface area (Å²) < 4.78 is 14.8. The van der Waals surface area contributed by atoms with Crippen molar-refractivity contribution in [2.75, 3.05) is 4.90 Å². The fourth-order valence-electron chi connectivity index (χ4n) is 6.64. The standard InChI is InChI=1S/C39H22N2O2S/c1-2-8-26-23(7-1)13-18-35-38(26)39-36(44-35)19-20-37(40-39)41(24-14-16-33-29(21-24)27-9-3-5-11-31(27)42-33)25-15-17-34-30(22-25)28-10-4-6-12-32(28)43-34/h1-22H. The maximum absolute atomic E-state index is 6.19. The van der Waals surface area contributed by atoms with Gasteiger partial charge in [0.1, 0.15) is 28.1 Å². The van der Waals surface area contributed by atoms with Gasteiger partial charge in [0.25, 0.3) is 0 Å². The van der Waals surface area contributed by atoms with E-state index in [2.05, 4.69) is 114 Å². The van der Waals surface area contributed by atoms with Crippen LogP contribution in [0, 0.1) is 0 Å². The van der Waals surface area contributed by atoms with Gasteiger partial charge < -0.3 is 8.83 Å². The zero-order valence-electron chi connectivity index (χ0n) is 23.3. The Morgan fingerprint density at radius 3 is 1.73 bits per heavy atom. The van der Waals surface area contributed by atoms with Gasteiger partial charge in [-0.25, -0.2) is 4.98 Å². The third-order valence-electron chi connectivity index (χ3n) is 8.66. The molecule has 0 saturated carbocycles. The number of hydrogen-bond acceptors (Lipinski definition) is 5. The Bertz CT molecular complexity index is 2640. The minimum Gasteiger partial charge on any atom is -0.456 e. The fourth-order valence-corrected chi connectivity index (χ4v) is 7.70. The molecule has 6 aromatic carbocycles. The smallest absolute Gasteiger partial charge is 0.138 e. The van der Waals surface area contributed by atoms with Gasteiger partial charge >= 0.3 is 0 Å². The van der Waals surface area contributed by atoms with E-state index in [0.29, 0.717) is 0 Å². The second kappa shape index (κ2) is 8.93. The summed E-state index contributed by atoms with van der Waals surface area (Å²) in [6, 6.07) is 46.5. The number of pyridine rings is 1. The molecule has 10 aromatic rings. The van der Waals surface area contributed by atoms with E-state index in [1.54, 1.807) is 11.3 Å². The average molecular weight is 583 g/mol. The first-order valence-electron chi connectivity index (χ1n) is 14.6. The first kappa shape index (κ1) is 23.9. The molecular weight excluding hydrogens is 561 g/mol. The van der Waals surface area contributed by atoms with Crippen molar-refractivity contribution < 1.29 is 8.83 Å². The predicted octanol–water partition coefficient (Wildman–Crippen LogP) is 11.9. The number of thiophene rings is 1. The Labute approximate surface area is 255 Å². The molecule has 0 unspecified atom stereocenters. The predicted molar refractivity (Wildman–Crippen MR) is 184 cm³/mol. The highest BCUT2D eigenvalue weighted by Gasteiger charge is 2.20. The molecule has 0 bridgehead atoms. The van der Waals surface area contributed by atoms with Gasteiger partial charge in [-0.2, -0.15) is 0 Å². The van der Waals surface area contributed by atoms with E-state index < -0.39 is 0 Å². The Morgan fingerprint density at radius 1 is 0.477 bits per heavy atom. The van der Waals surface area contributed by atoms with Crippen molar-refractivity contribution in [1.82, 2.24) is 4.98 Å². The highest BCUT2D eigenvalue weighted by atomic mass is 32.1. The zero-order chi connectivity index (χ0) is 28.8. The Kier molecular flexibility index (Phi) is 4.84. The Morgan fingerprint density at radius 2 is 1.05 bits per heavy atom. The first-order chi connectivity index (χ1) is 21.8. The van der Waals surface area contributed by atoms with E-state index in [1.165, 1.54) is 25.6 Å².